The van der Waals surface area contributed by atoms with Crippen molar-refractivity contribution < 1.29 is 13.2 Å². The first kappa shape index (κ1) is 17.9. The average Bonchev–Trinajstić information content (AvgIpc) is 2.37. The first-order chi connectivity index (χ1) is 9.76. The standard InChI is InChI=1S/C14H21ClN2O3S/c1-4-7-13(17(2)3)14(18)16-21(19,20)10-11-8-5-6-9-12(11)15/h5-6,8-9,13H,4,7,10H2,1-3H3,(H,16,18). The minimum atomic E-state index is -3.76. The summed E-state index contributed by atoms with van der Waals surface area (Å²) < 4.78 is 26.3. The quantitative estimate of drug-likeness (QED) is 0.829. The van der Waals surface area contributed by atoms with Crippen molar-refractivity contribution in [1.29, 1.82) is 0 Å². The van der Waals surface area contributed by atoms with Crippen LogP contribution in [0.4, 0.5) is 0 Å². The van der Waals surface area contributed by atoms with Gasteiger partial charge in [-0.15, -0.1) is 0 Å². The van der Waals surface area contributed by atoms with Gasteiger partial charge in [-0.1, -0.05) is 43.1 Å². The van der Waals surface area contributed by atoms with Gasteiger partial charge in [-0.25, -0.2) is 8.42 Å². The summed E-state index contributed by atoms with van der Waals surface area (Å²) in [7, 11) is -0.263. The van der Waals surface area contributed by atoms with Crippen LogP contribution in [0.1, 0.15) is 25.3 Å². The maximum absolute atomic E-state index is 12.1. The van der Waals surface area contributed by atoms with Gasteiger partial charge in [0.15, 0.2) is 0 Å². The van der Waals surface area contributed by atoms with Crippen molar-refractivity contribution in [2.45, 2.75) is 31.6 Å². The van der Waals surface area contributed by atoms with Crippen molar-refractivity contribution in [3.8, 4) is 0 Å². The third-order valence-corrected chi connectivity index (χ3v) is 4.62. The number of nitrogens with zero attached hydrogens (tertiary/aromatic N) is 1. The van der Waals surface area contributed by atoms with Crippen LogP contribution in [-0.4, -0.2) is 39.4 Å². The number of hydrogen-bond acceptors (Lipinski definition) is 4. The number of benzene rings is 1. The average molecular weight is 333 g/mol. The lowest BCUT2D eigenvalue weighted by molar-refractivity contribution is -0.123. The van der Waals surface area contributed by atoms with Gasteiger partial charge < -0.3 is 0 Å². The Hall–Kier alpha value is -1.11. The Kier molecular flexibility index (Phi) is 6.64. The van der Waals surface area contributed by atoms with Crippen LogP contribution in [0.25, 0.3) is 0 Å². The van der Waals surface area contributed by atoms with Gasteiger partial charge in [-0.3, -0.25) is 14.4 Å². The first-order valence-corrected chi connectivity index (χ1v) is 8.74. The topological polar surface area (TPSA) is 66.5 Å². The number of nitrogens with one attached hydrogen (secondary N) is 1. The van der Waals surface area contributed by atoms with Gasteiger partial charge in [-0.05, 0) is 32.1 Å². The van der Waals surface area contributed by atoms with E-state index in [-0.39, 0.29) is 5.75 Å². The number of sulfonamides is 1. The molecule has 1 amide bonds. The van der Waals surface area contributed by atoms with Gasteiger partial charge >= 0.3 is 0 Å². The molecule has 0 saturated carbocycles. The second kappa shape index (κ2) is 7.77. The summed E-state index contributed by atoms with van der Waals surface area (Å²) in [5.41, 5.74) is 0.469. The highest BCUT2D eigenvalue weighted by Gasteiger charge is 2.24. The number of rotatable bonds is 7. The van der Waals surface area contributed by atoms with Crippen molar-refractivity contribution in [1.82, 2.24) is 9.62 Å². The monoisotopic (exact) mass is 332 g/mol. The van der Waals surface area contributed by atoms with Crippen LogP contribution < -0.4 is 4.72 Å². The third kappa shape index (κ3) is 5.65. The Morgan fingerprint density at radius 2 is 1.95 bits per heavy atom. The molecule has 118 valence electrons. The molecule has 0 saturated heterocycles. The minimum Gasteiger partial charge on any atom is -0.298 e. The number of carbonyl (C=O) groups excluding carboxylic acids is 1. The molecule has 0 fully saturated rings. The predicted molar refractivity (Wildman–Crippen MR) is 84.6 cm³/mol. The fraction of sp³-hybridized carbons (Fsp3) is 0.500. The summed E-state index contributed by atoms with van der Waals surface area (Å²) >= 11 is 5.94. The van der Waals surface area contributed by atoms with Gasteiger partial charge in [0, 0.05) is 5.02 Å². The highest BCUT2D eigenvalue weighted by Crippen LogP contribution is 2.17. The van der Waals surface area contributed by atoms with Crippen molar-refractivity contribution >= 4 is 27.5 Å². The second-order valence-corrected chi connectivity index (χ2v) is 7.21. The molecular weight excluding hydrogens is 312 g/mol. The lowest BCUT2D eigenvalue weighted by Gasteiger charge is -2.22. The molecule has 1 atom stereocenters. The molecule has 0 heterocycles. The molecule has 0 radical (unpaired) electrons. The molecule has 1 aromatic carbocycles. The van der Waals surface area contributed by atoms with Gasteiger partial charge in [0.2, 0.25) is 10.0 Å². The Bertz CT molecular complexity index is 588. The molecule has 1 unspecified atom stereocenters. The molecule has 7 heteroatoms. The fourth-order valence-corrected chi connectivity index (χ4v) is 3.43. The SMILES string of the molecule is CCCC(C(=O)NS(=O)(=O)Cc1ccccc1Cl)N(C)C. The van der Waals surface area contributed by atoms with Crippen LogP contribution in [0.15, 0.2) is 24.3 Å². The van der Waals surface area contributed by atoms with E-state index >= 15 is 0 Å². The number of carbonyl (C=O) groups is 1. The molecule has 0 aliphatic rings. The van der Waals surface area contributed by atoms with Crippen LogP contribution in [0, 0.1) is 0 Å². The van der Waals surface area contributed by atoms with Crippen LogP contribution in [-0.2, 0) is 20.6 Å². The van der Waals surface area contributed by atoms with Crippen LogP contribution in [0.2, 0.25) is 5.02 Å². The third-order valence-electron chi connectivity index (χ3n) is 3.05. The zero-order valence-electron chi connectivity index (χ0n) is 12.5. The number of hydrogen-bond donors (Lipinski definition) is 1. The van der Waals surface area contributed by atoms with Crippen LogP contribution in [0.5, 0.6) is 0 Å². The highest BCUT2D eigenvalue weighted by atomic mass is 35.5. The summed E-state index contributed by atoms with van der Waals surface area (Å²) in [6.07, 6.45) is 1.39. The molecule has 5 nitrogen and oxygen atoms in total. The summed E-state index contributed by atoms with van der Waals surface area (Å²) in [6.45, 7) is 1.95. The normalized spacial score (nSPS) is 13.2. The molecule has 0 spiro atoms. The Morgan fingerprint density at radius 1 is 1.33 bits per heavy atom. The number of amides is 1. The minimum absolute atomic E-state index is 0.315. The molecule has 0 aliphatic carbocycles. The molecule has 1 rings (SSSR count). The summed E-state index contributed by atoms with van der Waals surface area (Å²) in [6, 6.07) is 6.21. The highest BCUT2D eigenvalue weighted by molar-refractivity contribution is 7.89. The largest absolute Gasteiger partial charge is 0.298 e. The van der Waals surface area contributed by atoms with E-state index in [2.05, 4.69) is 4.72 Å². The van der Waals surface area contributed by atoms with E-state index in [4.69, 9.17) is 11.6 Å². The number of likely N-dealkylation sites (N-methyl/N-ethyl adjacent to an activating group) is 1. The Balaban J connectivity index is 2.80. The first-order valence-electron chi connectivity index (χ1n) is 6.71. The molecule has 1 aromatic rings. The lowest BCUT2D eigenvalue weighted by atomic mass is 10.1. The second-order valence-electron chi connectivity index (χ2n) is 5.08. The zero-order chi connectivity index (χ0) is 16.0. The van der Waals surface area contributed by atoms with E-state index in [0.717, 1.165) is 6.42 Å². The summed E-state index contributed by atoms with van der Waals surface area (Å²) in [4.78, 5) is 13.8. The van der Waals surface area contributed by atoms with E-state index in [1.54, 1.807) is 43.3 Å². The van der Waals surface area contributed by atoms with Crippen molar-refractivity contribution in [3.05, 3.63) is 34.9 Å². The van der Waals surface area contributed by atoms with Gasteiger partial charge in [0.05, 0.1) is 11.8 Å². The van der Waals surface area contributed by atoms with Gasteiger partial charge in [0.25, 0.3) is 5.91 Å². The van der Waals surface area contributed by atoms with Gasteiger partial charge in [-0.2, -0.15) is 0 Å². The van der Waals surface area contributed by atoms with E-state index in [0.29, 0.717) is 17.0 Å². The lowest BCUT2D eigenvalue weighted by Crippen LogP contribution is -2.45. The Morgan fingerprint density at radius 3 is 2.48 bits per heavy atom. The maximum atomic E-state index is 12.1. The fourth-order valence-electron chi connectivity index (χ4n) is 1.97. The van der Waals surface area contributed by atoms with Crippen molar-refractivity contribution in [2.75, 3.05) is 14.1 Å². The maximum Gasteiger partial charge on any atom is 0.250 e. The molecule has 0 bridgehead atoms. The van der Waals surface area contributed by atoms with Crippen molar-refractivity contribution in [2.24, 2.45) is 0 Å². The predicted octanol–water partition coefficient (Wildman–Crippen LogP) is 2.02. The van der Waals surface area contributed by atoms with Crippen LogP contribution >= 0.6 is 11.6 Å². The summed E-state index contributed by atoms with van der Waals surface area (Å²) in [5.74, 6) is -0.820. The van der Waals surface area contributed by atoms with Crippen molar-refractivity contribution in [3.63, 3.8) is 0 Å². The van der Waals surface area contributed by atoms with Crippen LogP contribution in [0.3, 0.4) is 0 Å². The zero-order valence-corrected chi connectivity index (χ0v) is 14.0. The number of halogens is 1. The molecule has 0 aromatic heterocycles. The Labute approximate surface area is 131 Å². The van der Waals surface area contributed by atoms with E-state index in [9.17, 15) is 13.2 Å². The smallest absolute Gasteiger partial charge is 0.250 e. The molecule has 1 N–H and O–H groups in total. The van der Waals surface area contributed by atoms with E-state index in [1.165, 1.54) is 0 Å². The van der Waals surface area contributed by atoms with E-state index in [1.807, 2.05) is 6.92 Å². The summed E-state index contributed by atoms with van der Waals surface area (Å²) in [5, 5.41) is 0.369. The molecule has 0 aliphatic heterocycles. The molecular formula is C14H21ClN2O3S. The molecule has 21 heavy (non-hydrogen) atoms. The van der Waals surface area contributed by atoms with Gasteiger partial charge in [0.1, 0.15) is 0 Å². The van der Waals surface area contributed by atoms with E-state index < -0.39 is 22.0 Å².